The Morgan fingerprint density at radius 2 is 2.24 bits per heavy atom. The highest BCUT2D eigenvalue weighted by atomic mass is 79.9. The molecule has 4 heteroatoms. The van der Waals surface area contributed by atoms with Crippen LogP contribution in [0.4, 0.5) is 0 Å². The van der Waals surface area contributed by atoms with Gasteiger partial charge in [-0.2, -0.15) is 0 Å². The van der Waals surface area contributed by atoms with Crippen LogP contribution in [-0.2, 0) is 0 Å². The van der Waals surface area contributed by atoms with Gasteiger partial charge in [-0.25, -0.2) is 4.98 Å². The first-order valence-corrected chi connectivity index (χ1v) is 6.81. The number of alkyl halides is 1. The van der Waals surface area contributed by atoms with E-state index in [0.717, 1.165) is 12.2 Å². The average Bonchev–Trinajstić information content (AvgIpc) is 2.26. The number of hydrogen-bond acceptors (Lipinski definition) is 2. The second-order valence-corrected chi connectivity index (χ2v) is 6.08. The third-order valence-corrected chi connectivity index (χ3v) is 3.91. The van der Waals surface area contributed by atoms with Crippen molar-refractivity contribution in [3.05, 3.63) is 29.6 Å². The van der Waals surface area contributed by atoms with Crippen LogP contribution in [0.1, 0.15) is 29.0 Å². The first-order chi connectivity index (χ1) is 8.06. The van der Waals surface area contributed by atoms with Gasteiger partial charge in [0.05, 0.1) is 0 Å². The number of aryl methyl sites for hydroxylation is 1. The molecule has 1 aromatic rings. The molecule has 1 aliphatic carbocycles. The van der Waals surface area contributed by atoms with Crippen LogP contribution in [0, 0.1) is 12.8 Å². The van der Waals surface area contributed by atoms with Gasteiger partial charge >= 0.3 is 0 Å². The molecular formula is C13H17BrN2O. The molecule has 1 saturated carbocycles. The largest absolute Gasteiger partial charge is 0.340 e. The fraction of sp³-hybridized carbons (Fsp3) is 0.538. The van der Waals surface area contributed by atoms with Crippen LogP contribution in [-0.4, -0.2) is 34.2 Å². The predicted octanol–water partition coefficient (Wildman–Crippen LogP) is 2.64. The van der Waals surface area contributed by atoms with Gasteiger partial charge in [0, 0.05) is 24.1 Å². The minimum atomic E-state index is 0.0201. The fourth-order valence-electron chi connectivity index (χ4n) is 2.13. The quantitative estimate of drug-likeness (QED) is 0.804. The molecule has 0 bridgehead atoms. The van der Waals surface area contributed by atoms with Crippen LogP contribution in [0.25, 0.3) is 0 Å². The second kappa shape index (κ2) is 5.17. The van der Waals surface area contributed by atoms with E-state index in [9.17, 15) is 4.79 Å². The number of amides is 1. The summed E-state index contributed by atoms with van der Waals surface area (Å²) in [5, 5.41) is 0. The molecule has 0 radical (unpaired) electrons. The van der Waals surface area contributed by atoms with E-state index in [1.165, 1.54) is 12.8 Å². The summed E-state index contributed by atoms with van der Waals surface area (Å²) in [4.78, 5) is 18.8. The van der Waals surface area contributed by atoms with Crippen molar-refractivity contribution in [1.82, 2.24) is 9.88 Å². The number of nitrogens with zero attached hydrogens (tertiary/aromatic N) is 2. The van der Waals surface area contributed by atoms with Crippen molar-refractivity contribution in [1.29, 1.82) is 0 Å². The zero-order valence-corrected chi connectivity index (χ0v) is 11.8. The van der Waals surface area contributed by atoms with E-state index in [1.54, 1.807) is 11.0 Å². The zero-order chi connectivity index (χ0) is 12.4. The predicted molar refractivity (Wildman–Crippen MR) is 71.4 cm³/mol. The van der Waals surface area contributed by atoms with Gasteiger partial charge < -0.3 is 4.90 Å². The number of hydrogen-bond donors (Lipinski definition) is 0. The summed E-state index contributed by atoms with van der Waals surface area (Å²) in [5.74, 6) is 0.657. The highest BCUT2D eigenvalue weighted by Crippen LogP contribution is 2.33. The van der Waals surface area contributed by atoms with E-state index in [1.807, 2.05) is 26.1 Å². The van der Waals surface area contributed by atoms with Crippen LogP contribution in [0.15, 0.2) is 18.2 Å². The SMILES string of the molecule is Cc1cccc(C(=O)N(C)CC2CC(Br)C2)n1. The molecule has 0 aromatic carbocycles. The Morgan fingerprint density at radius 3 is 2.82 bits per heavy atom. The number of carbonyl (C=O) groups excluding carboxylic acids is 1. The third-order valence-electron chi connectivity index (χ3n) is 3.16. The van der Waals surface area contributed by atoms with Crippen LogP contribution in [0.2, 0.25) is 0 Å². The van der Waals surface area contributed by atoms with Crippen molar-refractivity contribution in [2.75, 3.05) is 13.6 Å². The van der Waals surface area contributed by atoms with E-state index in [4.69, 9.17) is 0 Å². The average molecular weight is 297 g/mol. The van der Waals surface area contributed by atoms with Crippen molar-refractivity contribution in [3.8, 4) is 0 Å². The van der Waals surface area contributed by atoms with Gasteiger partial charge in [-0.05, 0) is 37.8 Å². The highest BCUT2D eigenvalue weighted by molar-refractivity contribution is 9.09. The van der Waals surface area contributed by atoms with Gasteiger partial charge in [0.2, 0.25) is 0 Å². The summed E-state index contributed by atoms with van der Waals surface area (Å²) in [7, 11) is 1.86. The lowest BCUT2D eigenvalue weighted by molar-refractivity contribution is 0.0743. The maximum absolute atomic E-state index is 12.1. The maximum atomic E-state index is 12.1. The van der Waals surface area contributed by atoms with Crippen LogP contribution in [0.5, 0.6) is 0 Å². The summed E-state index contributed by atoms with van der Waals surface area (Å²) in [6.45, 7) is 2.73. The topological polar surface area (TPSA) is 33.2 Å². The maximum Gasteiger partial charge on any atom is 0.272 e. The van der Waals surface area contributed by atoms with Crippen molar-refractivity contribution in [3.63, 3.8) is 0 Å². The number of carbonyl (C=O) groups is 1. The van der Waals surface area contributed by atoms with Gasteiger partial charge in [-0.3, -0.25) is 4.79 Å². The molecule has 1 heterocycles. The van der Waals surface area contributed by atoms with Crippen molar-refractivity contribution >= 4 is 21.8 Å². The smallest absolute Gasteiger partial charge is 0.272 e. The number of rotatable bonds is 3. The van der Waals surface area contributed by atoms with Gasteiger partial charge in [0.15, 0.2) is 0 Å². The Bertz CT molecular complexity index is 416. The zero-order valence-electron chi connectivity index (χ0n) is 10.2. The molecule has 0 unspecified atom stereocenters. The van der Waals surface area contributed by atoms with Gasteiger partial charge in [-0.1, -0.05) is 22.0 Å². The Balaban J connectivity index is 1.95. The number of halogens is 1. The minimum absolute atomic E-state index is 0.0201. The Kier molecular flexibility index (Phi) is 3.82. The van der Waals surface area contributed by atoms with Gasteiger partial charge in [0.25, 0.3) is 5.91 Å². The molecule has 17 heavy (non-hydrogen) atoms. The molecule has 0 aliphatic heterocycles. The Labute approximate surface area is 110 Å². The van der Waals surface area contributed by atoms with E-state index in [-0.39, 0.29) is 5.91 Å². The molecule has 1 fully saturated rings. The molecule has 1 aromatic heterocycles. The summed E-state index contributed by atoms with van der Waals surface area (Å²) in [5.41, 5.74) is 1.43. The van der Waals surface area contributed by atoms with E-state index in [2.05, 4.69) is 20.9 Å². The van der Waals surface area contributed by atoms with Crippen LogP contribution >= 0.6 is 15.9 Å². The van der Waals surface area contributed by atoms with E-state index >= 15 is 0 Å². The molecule has 1 aliphatic rings. The standard InChI is InChI=1S/C13H17BrN2O/c1-9-4-3-5-12(15-9)13(17)16(2)8-10-6-11(14)7-10/h3-5,10-11H,6-8H2,1-2H3. The summed E-state index contributed by atoms with van der Waals surface area (Å²) >= 11 is 3.57. The van der Waals surface area contributed by atoms with E-state index in [0.29, 0.717) is 16.4 Å². The molecule has 2 rings (SSSR count). The Morgan fingerprint density at radius 1 is 1.53 bits per heavy atom. The monoisotopic (exact) mass is 296 g/mol. The lowest BCUT2D eigenvalue weighted by atomic mass is 9.85. The van der Waals surface area contributed by atoms with Gasteiger partial charge in [0.1, 0.15) is 5.69 Å². The second-order valence-electron chi connectivity index (χ2n) is 4.78. The summed E-state index contributed by atoms with van der Waals surface area (Å²) in [6.07, 6.45) is 2.33. The minimum Gasteiger partial charge on any atom is -0.340 e. The van der Waals surface area contributed by atoms with Crippen LogP contribution < -0.4 is 0 Å². The normalized spacial score (nSPS) is 23.0. The third kappa shape index (κ3) is 3.06. The molecule has 0 saturated heterocycles. The first kappa shape index (κ1) is 12.6. The highest BCUT2D eigenvalue weighted by Gasteiger charge is 2.29. The van der Waals surface area contributed by atoms with Crippen molar-refractivity contribution in [2.24, 2.45) is 5.92 Å². The summed E-state index contributed by atoms with van der Waals surface area (Å²) in [6, 6.07) is 5.55. The first-order valence-electron chi connectivity index (χ1n) is 5.89. The molecule has 0 spiro atoms. The molecular weight excluding hydrogens is 280 g/mol. The van der Waals surface area contributed by atoms with Crippen molar-refractivity contribution in [2.45, 2.75) is 24.6 Å². The van der Waals surface area contributed by atoms with E-state index < -0.39 is 0 Å². The van der Waals surface area contributed by atoms with Gasteiger partial charge in [-0.15, -0.1) is 0 Å². The Hall–Kier alpha value is -0.900. The molecule has 0 N–H and O–H groups in total. The molecule has 0 atom stereocenters. The summed E-state index contributed by atoms with van der Waals surface area (Å²) < 4.78 is 0. The lowest BCUT2D eigenvalue weighted by Crippen LogP contribution is -2.38. The molecule has 1 amide bonds. The fourth-order valence-corrected chi connectivity index (χ4v) is 3.19. The molecule has 92 valence electrons. The lowest BCUT2D eigenvalue weighted by Gasteiger charge is -2.34. The number of pyridine rings is 1. The van der Waals surface area contributed by atoms with Crippen molar-refractivity contribution < 1.29 is 4.79 Å². The van der Waals surface area contributed by atoms with Crippen LogP contribution in [0.3, 0.4) is 0 Å². The molecule has 3 nitrogen and oxygen atoms in total. The number of aromatic nitrogens is 1.